The summed E-state index contributed by atoms with van der Waals surface area (Å²) in [6.07, 6.45) is 2.85. The maximum Gasteiger partial charge on any atom is 0.550 e. The van der Waals surface area contributed by atoms with Crippen molar-refractivity contribution in [2.24, 2.45) is 17.3 Å². The van der Waals surface area contributed by atoms with Gasteiger partial charge in [0.05, 0.1) is 53.8 Å². The molecule has 2 aromatic carbocycles. The van der Waals surface area contributed by atoms with Crippen molar-refractivity contribution in [3.63, 3.8) is 0 Å². The van der Waals surface area contributed by atoms with Crippen molar-refractivity contribution in [1.82, 2.24) is 0 Å². The standard InChI is InChI=1S/C37H48O16/c1-37(2,23-9-13-25(14-10-23)48-35(40)52-50-33(38)21-17-27(42-3)31(46-7)28(18-21)43-4)24-11-15-26(16-12-24)49-36(41)53-51-34(39)22-19-29(44-5)32(47-8)30(20-22)45-6/h17-20,23-26H,9-16H2,1-8H3. The molecule has 0 bridgehead atoms. The van der Waals surface area contributed by atoms with Gasteiger partial charge < -0.3 is 37.9 Å². The molecule has 0 aromatic heterocycles. The Hall–Kier alpha value is -5.28. The van der Waals surface area contributed by atoms with E-state index in [4.69, 9.17) is 47.7 Å². The van der Waals surface area contributed by atoms with Gasteiger partial charge in [-0.05, 0) is 92.9 Å². The van der Waals surface area contributed by atoms with Gasteiger partial charge in [0.25, 0.3) is 0 Å². The fourth-order valence-electron chi connectivity index (χ4n) is 7.13. The van der Waals surface area contributed by atoms with Crippen molar-refractivity contribution in [2.75, 3.05) is 42.7 Å². The summed E-state index contributed by atoms with van der Waals surface area (Å²) in [5, 5.41) is 0. The SMILES string of the molecule is COc1cc(C(=O)OOC(=O)OC2CCC(C(C)(C)C3CCC(OC(=O)OOC(=O)c4cc(OC)c(OC)c(OC)c4)CC3)CC2)cc(OC)c1OC. The van der Waals surface area contributed by atoms with Gasteiger partial charge in [-0.3, -0.25) is 0 Å². The monoisotopic (exact) mass is 748 g/mol. The maximum absolute atomic E-state index is 12.5. The lowest BCUT2D eigenvalue weighted by Crippen LogP contribution is -2.39. The first kappa shape index (κ1) is 40.5. The molecule has 0 heterocycles. The topological polar surface area (TPSA) is 179 Å². The number of rotatable bonds is 12. The van der Waals surface area contributed by atoms with Gasteiger partial charge in [-0.2, -0.15) is 9.59 Å². The van der Waals surface area contributed by atoms with Crippen LogP contribution in [0.2, 0.25) is 0 Å². The van der Waals surface area contributed by atoms with Crippen LogP contribution in [0, 0.1) is 17.3 Å². The van der Waals surface area contributed by atoms with Gasteiger partial charge in [-0.1, -0.05) is 13.8 Å². The van der Waals surface area contributed by atoms with Crippen LogP contribution in [0.15, 0.2) is 24.3 Å². The third-order valence-corrected chi connectivity index (χ3v) is 10.2. The average molecular weight is 749 g/mol. The summed E-state index contributed by atoms with van der Waals surface area (Å²) in [6.45, 7) is 4.50. The van der Waals surface area contributed by atoms with Crippen molar-refractivity contribution < 1.29 is 76.6 Å². The smallest absolute Gasteiger partial charge is 0.493 e. The van der Waals surface area contributed by atoms with Crippen molar-refractivity contribution >= 4 is 24.2 Å². The molecule has 53 heavy (non-hydrogen) atoms. The number of hydrogen-bond acceptors (Lipinski definition) is 16. The molecule has 0 spiro atoms. The molecular formula is C37H48O16. The fraction of sp³-hybridized carbons (Fsp3) is 0.568. The van der Waals surface area contributed by atoms with Gasteiger partial charge in [0, 0.05) is 0 Å². The first-order valence-corrected chi connectivity index (χ1v) is 17.2. The second kappa shape index (κ2) is 18.5. The first-order chi connectivity index (χ1) is 25.4. The van der Waals surface area contributed by atoms with E-state index in [-0.39, 0.29) is 51.7 Å². The highest BCUT2D eigenvalue weighted by molar-refractivity contribution is 5.91. The van der Waals surface area contributed by atoms with E-state index in [9.17, 15) is 19.2 Å². The second-order valence-electron chi connectivity index (χ2n) is 13.2. The van der Waals surface area contributed by atoms with Crippen molar-refractivity contribution in [3.05, 3.63) is 35.4 Å². The zero-order valence-corrected chi connectivity index (χ0v) is 31.3. The lowest BCUT2D eigenvalue weighted by Gasteiger charge is -2.46. The van der Waals surface area contributed by atoms with Crippen LogP contribution in [-0.4, -0.2) is 79.1 Å². The Labute approximate surface area is 307 Å². The molecule has 16 nitrogen and oxygen atoms in total. The largest absolute Gasteiger partial charge is 0.550 e. The molecule has 0 atom stereocenters. The molecule has 2 aliphatic carbocycles. The Balaban J connectivity index is 1.17. The van der Waals surface area contributed by atoms with E-state index in [0.717, 1.165) is 25.7 Å². The molecule has 0 unspecified atom stereocenters. The number of carbonyl (C=O) groups is 4. The minimum atomic E-state index is -1.11. The van der Waals surface area contributed by atoms with Gasteiger partial charge in [-0.15, -0.1) is 0 Å². The molecule has 16 heteroatoms. The fourth-order valence-corrected chi connectivity index (χ4v) is 7.13. The predicted octanol–water partition coefficient (Wildman–Crippen LogP) is 7.03. The van der Waals surface area contributed by atoms with Crippen molar-refractivity contribution in [1.29, 1.82) is 0 Å². The molecule has 0 radical (unpaired) electrons. The molecule has 2 aliphatic rings. The van der Waals surface area contributed by atoms with E-state index in [1.165, 1.54) is 66.9 Å². The summed E-state index contributed by atoms with van der Waals surface area (Å²) < 4.78 is 42.3. The zero-order chi connectivity index (χ0) is 38.7. The van der Waals surface area contributed by atoms with Crippen LogP contribution in [0.25, 0.3) is 0 Å². The Morgan fingerprint density at radius 1 is 0.472 bits per heavy atom. The lowest BCUT2D eigenvalue weighted by atomic mass is 9.60. The van der Waals surface area contributed by atoms with E-state index in [1.807, 2.05) is 0 Å². The summed E-state index contributed by atoms with van der Waals surface area (Å²) in [7, 11) is 8.49. The number of hydrogen-bond donors (Lipinski definition) is 0. The highest BCUT2D eigenvalue weighted by Gasteiger charge is 2.42. The van der Waals surface area contributed by atoms with Gasteiger partial charge in [0.1, 0.15) is 12.2 Å². The normalized spacial score (nSPS) is 19.8. The molecule has 292 valence electrons. The molecule has 4 rings (SSSR count). The number of carbonyl (C=O) groups excluding carboxylic acids is 4. The quantitative estimate of drug-likeness (QED) is 0.123. The van der Waals surface area contributed by atoms with Crippen LogP contribution in [-0.2, 0) is 29.0 Å². The van der Waals surface area contributed by atoms with Crippen LogP contribution in [0.1, 0.15) is 85.9 Å². The highest BCUT2D eigenvalue weighted by Crippen LogP contribution is 2.49. The van der Waals surface area contributed by atoms with Crippen LogP contribution >= 0.6 is 0 Å². The van der Waals surface area contributed by atoms with Gasteiger partial charge in [-0.25, -0.2) is 29.1 Å². The lowest BCUT2D eigenvalue weighted by molar-refractivity contribution is -0.209. The Kier molecular flexibility index (Phi) is 14.1. The summed E-state index contributed by atoms with van der Waals surface area (Å²) >= 11 is 0. The van der Waals surface area contributed by atoms with Crippen LogP contribution < -0.4 is 28.4 Å². The molecule has 2 aromatic rings. The van der Waals surface area contributed by atoms with E-state index >= 15 is 0 Å². The third kappa shape index (κ3) is 9.99. The van der Waals surface area contributed by atoms with Gasteiger partial charge >= 0.3 is 24.2 Å². The summed E-state index contributed by atoms with van der Waals surface area (Å²) in [5.74, 6) is 0.381. The van der Waals surface area contributed by atoms with Gasteiger partial charge in [0.15, 0.2) is 23.0 Å². The number of ether oxygens (including phenoxy) is 8. The second-order valence-corrected chi connectivity index (χ2v) is 13.2. The third-order valence-electron chi connectivity index (χ3n) is 10.2. The van der Waals surface area contributed by atoms with E-state index in [1.54, 1.807) is 0 Å². The predicted molar refractivity (Wildman–Crippen MR) is 183 cm³/mol. The Morgan fingerprint density at radius 2 is 0.774 bits per heavy atom. The van der Waals surface area contributed by atoms with E-state index in [0.29, 0.717) is 49.0 Å². The van der Waals surface area contributed by atoms with Crippen molar-refractivity contribution in [2.45, 2.75) is 77.4 Å². The highest BCUT2D eigenvalue weighted by atomic mass is 17.2. The molecular weight excluding hydrogens is 700 g/mol. The average Bonchev–Trinajstić information content (AvgIpc) is 3.17. The van der Waals surface area contributed by atoms with Gasteiger partial charge in [0.2, 0.25) is 11.5 Å². The number of benzene rings is 2. The molecule has 0 amide bonds. The first-order valence-electron chi connectivity index (χ1n) is 17.2. The summed E-state index contributed by atoms with van der Waals surface area (Å²) in [4.78, 5) is 68.6. The van der Waals surface area contributed by atoms with Crippen LogP contribution in [0.3, 0.4) is 0 Å². The van der Waals surface area contributed by atoms with E-state index in [2.05, 4.69) is 23.6 Å². The number of methoxy groups -OCH3 is 6. The maximum atomic E-state index is 12.5. The van der Waals surface area contributed by atoms with Crippen LogP contribution in [0.4, 0.5) is 9.59 Å². The molecule has 0 aliphatic heterocycles. The zero-order valence-electron chi connectivity index (χ0n) is 31.3. The molecule has 0 saturated heterocycles. The minimum absolute atomic E-state index is 0.0187. The molecule has 2 fully saturated rings. The van der Waals surface area contributed by atoms with Crippen LogP contribution in [0.5, 0.6) is 34.5 Å². The van der Waals surface area contributed by atoms with E-state index < -0.39 is 24.2 Å². The Morgan fingerprint density at radius 3 is 1.04 bits per heavy atom. The minimum Gasteiger partial charge on any atom is -0.493 e. The Bertz CT molecular complexity index is 1420. The molecule has 2 saturated carbocycles. The van der Waals surface area contributed by atoms with Crippen molar-refractivity contribution in [3.8, 4) is 34.5 Å². The summed E-state index contributed by atoms with van der Waals surface area (Å²) in [6, 6.07) is 5.48. The molecule has 0 N–H and O–H groups in total. The summed E-state index contributed by atoms with van der Waals surface area (Å²) in [5.41, 5.74) is 0.0125.